The number of halogens is 1. The van der Waals surface area contributed by atoms with Gasteiger partial charge in [-0.1, -0.05) is 41.9 Å². The number of nitrogens with zero attached hydrogens (tertiary/aromatic N) is 1. The van der Waals surface area contributed by atoms with Crippen LogP contribution in [0.25, 0.3) is 0 Å². The zero-order valence-electron chi connectivity index (χ0n) is 17.8. The van der Waals surface area contributed by atoms with Gasteiger partial charge in [0, 0.05) is 26.3 Å². The number of carbonyl (C=O) groups is 1. The second-order valence-corrected chi connectivity index (χ2v) is 9.12. The Morgan fingerprint density at radius 1 is 1.16 bits per heavy atom. The van der Waals surface area contributed by atoms with Crippen LogP contribution < -0.4 is 10.1 Å². The topological polar surface area (TPSA) is 84.9 Å². The lowest BCUT2D eigenvalue weighted by atomic mass is 10.1. The Kier molecular flexibility index (Phi) is 10.3. The third-order valence-corrected chi connectivity index (χ3v) is 6.70. The highest BCUT2D eigenvalue weighted by atomic mass is 35.5. The van der Waals surface area contributed by atoms with E-state index in [1.54, 1.807) is 0 Å². The van der Waals surface area contributed by atoms with E-state index >= 15 is 0 Å². The number of hydrogen-bond donors (Lipinski definition) is 1. The van der Waals surface area contributed by atoms with Crippen molar-refractivity contribution in [1.29, 1.82) is 0 Å². The molecule has 0 aliphatic rings. The number of amides is 1. The van der Waals surface area contributed by atoms with Crippen LogP contribution in [0.1, 0.15) is 18.9 Å². The molecule has 0 saturated carbocycles. The van der Waals surface area contributed by atoms with Crippen LogP contribution in [0, 0.1) is 0 Å². The van der Waals surface area contributed by atoms with Gasteiger partial charge in [0.05, 0.1) is 23.6 Å². The van der Waals surface area contributed by atoms with E-state index in [2.05, 4.69) is 5.32 Å². The molecule has 0 aromatic heterocycles. The number of nitrogens with one attached hydrogen (secondary N) is 1. The van der Waals surface area contributed by atoms with Crippen LogP contribution in [0.5, 0.6) is 5.75 Å². The summed E-state index contributed by atoms with van der Waals surface area (Å²) in [6, 6.07) is 13.8. The average molecular weight is 469 g/mol. The third kappa shape index (κ3) is 7.81. The summed E-state index contributed by atoms with van der Waals surface area (Å²) < 4.78 is 38.1. The van der Waals surface area contributed by atoms with Crippen LogP contribution in [-0.2, 0) is 26.0 Å². The van der Waals surface area contributed by atoms with Gasteiger partial charge in [-0.2, -0.15) is 4.31 Å². The third-order valence-electron chi connectivity index (χ3n) is 4.57. The Hall–Kier alpha value is -2.13. The van der Waals surface area contributed by atoms with E-state index in [4.69, 9.17) is 21.1 Å². The lowest BCUT2D eigenvalue weighted by molar-refractivity contribution is -0.121. The van der Waals surface area contributed by atoms with Gasteiger partial charge in [0.15, 0.2) is 0 Å². The molecule has 1 N–H and O–H groups in total. The fourth-order valence-electron chi connectivity index (χ4n) is 2.90. The lowest BCUT2D eigenvalue weighted by Gasteiger charge is -2.22. The zero-order valence-corrected chi connectivity index (χ0v) is 19.4. The van der Waals surface area contributed by atoms with Crippen LogP contribution in [0.3, 0.4) is 0 Å². The standard InChI is InChI=1S/C22H29ClN2O5S/c1-3-30-15-7-13-24-22(26)17-25(14-12-18-8-5-4-6-9-18)31(27,28)19-10-11-21(29-2)20(23)16-19/h4-6,8-11,16H,3,7,12-15,17H2,1-2H3,(H,24,26). The second kappa shape index (κ2) is 12.7. The molecule has 0 unspecified atom stereocenters. The highest BCUT2D eigenvalue weighted by Gasteiger charge is 2.27. The van der Waals surface area contributed by atoms with Gasteiger partial charge in [-0.3, -0.25) is 4.79 Å². The first-order valence-electron chi connectivity index (χ1n) is 10.1. The summed E-state index contributed by atoms with van der Waals surface area (Å²) in [5.74, 6) is 0.0104. The number of hydrogen-bond acceptors (Lipinski definition) is 5. The Balaban J connectivity index is 2.15. The van der Waals surface area contributed by atoms with Gasteiger partial charge in [-0.15, -0.1) is 0 Å². The number of carbonyl (C=O) groups excluding carboxylic acids is 1. The number of ether oxygens (including phenoxy) is 2. The predicted octanol–water partition coefficient (Wildman–Crippen LogP) is 3.12. The molecule has 170 valence electrons. The van der Waals surface area contributed by atoms with E-state index in [0.717, 1.165) is 5.56 Å². The Labute approximate surface area is 189 Å². The molecule has 0 aliphatic carbocycles. The van der Waals surface area contributed by atoms with E-state index < -0.39 is 10.0 Å². The van der Waals surface area contributed by atoms with Gasteiger partial charge in [0.1, 0.15) is 5.75 Å². The summed E-state index contributed by atoms with van der Waals surface area (Å²) in [6.07, 6.45) is 1.13. The Morgan fingerprint density at radius 2 is 1.90 bits per heavy atom. The van der Waals surface area contributed by atoms with Gasteiger partial charge >= 0.3 is 0 Å². The van der Waals surface area contributed by atoms with Gasteiger partial charge < -0.3 is 14.8 Å². The van der Waals surface area contributed by atoms with Crippen molar-refractivity contribution in [2.24, 2.45) is 0 Å². The van der Waals surface area contributed by atoms with Crippen LogP contribution in [-0.4, -0.2) is 58.6 Å². The average Bonchev–Trinajstić information content (AvgIpc) is 2.77. The first kappa shape index (κ1) is 25.1. The van der Waals surface area contributed by atoms with Crippen LogP contribution in [0.2, 0.25) is 5.02 Å². The minimum atomic E-state index is -3.95. The second-order valence-electron chi connectivity index (χ2n) is 6.77. The van der Waals surface area contributed by atoms with Gasteiger partial charge in [-0.05, 0) is 43.5 Å². The summed E-state index contributed by atoms with van der Waals surface area (Å²) in [4.78, 5) is 12.4. The molecule has 0 aliphatic heterocycles. The Morgan fingerprint density at radius 3 is 2.55 bits per heavy atom. The summed E-state index contributed by atoms with van der Waals surface area (Å²) in [5, 5.41) is 2.94. The quantitative estimate of drug-likeness (QED) is 0.456. The van der Waals surface area contributed by atoms with Crippen molar-refractivity contribution >= 4 is 27.5 Å². The summed E-state index contributed by atoms with van der Waals surface area (Å²) in [7, 11) is -2.49. The molecule has 1 amide bonds. The first-order chi connectivity index (χ1) is 14.9. The van der Waals surface area contributed by atoms with Crippen molar-refractivity contribution < 1.29 is 22.7 Å². The van der Waals surface area contributed by atoms with E-state index in [-0.39, 0.29) is 28.9 Å². The van der Waals surface area contributed by atoms with Crippen molar-refractivity contribution in [3.8, 4) is 5.75 Å². The van der Waals surface area contributed by atoms with E-state index in [1.165, 1.54) is 29.6 Å². The maximum Gasteiger partial charge on any atom is 0.243 e. The number of benzene rings is 2. The van der Waals surface area contributed by atoms with Crippen LogP contribution in [0.4, 0.5) is 0 Å². The summed E-state index contributed by atoms with van der Waals surface area (Å²) in [5.41, 5.74) is 0.979. The van der Waals surface area contributed by atoms with E-state index in [1.807, 2.05) is 37.3 Å². The van der Waals surface area contributed by atoms with E-state index in [0.29, 0.717) is 38.3 Å². The fraction of sp³-hybridized carbons (Fsp3) is 0.409. The van der Waals surface area contributed by atoms with Gasteiger partial charge in [0.25, 0.3) is 0 Å². The molecule has 0 fully saturated rings. The van der Waals surface area contributed by atoms with Crippen LogP contribution >= 0.6 is 11.6 Å². The molecule has 31 heavy (non-hydrogen) atoms. The predicted molar refractivity (Wildman–Crippen MR) is 121 cm³/mol. The van der Waals surface area contributed by atoms with Gasteiger partial charge in [0.2, 0.25) is 15.9 Å². The SMILES string of the molecule is CCOCCCNC(=O)CN(CCc1ccccc1)S(=O)(=O)c1ccc(OC)c(Cl)c1. The molecule has 0 radical (unpaired) electrons. The number of methoxy groups -OCH3 is 1. The van der Waals surface area contributed by atoms with Crippen molar-refractivity contribution in [1.82, 2.24) is 9.62 Å². The minimum Gasteiger partial charge on any atom is -0.495 e. The molecule has 0 bridgehead atoms. The Bertz CT molecular complexity index is 938. The minimum absolute atomic E-state index is 0.00973. The molecule has 0 spiro atoms. The highest BCUT2D eigenvalue weighted by molar-refractivity contribution is 7.89. The van der Waals surface area contributed by atoms with Crippen molar-refractivity contribution in [2.75, 3.05) is 40.0 Å². The number of sulfonamides is 1. The molecule has 7 nitrogen and oxygen atoms in total. The normalized spacial score (nSPS) is 11.5. The van der Waals surface area contributed by atoms with Crippen molar-refractivity contribution in [3.05, 3.63) is 59.1 Å². The zero-order chi connectivity index (χ0) is 22.7. The molecule has 2 aromatic carbocycles. The number of rotatable bonds is 13. The fourth-order valence-corrected chi connectivity index (χ4v) is 4.65. The largest absolute Gasteiger partial charge is 0.495 e. The summed E-state index contributed by atoms with van der Waals surface area (Å²) >= 11 is 6.13. The molecule has 0 saturated heterocycles. The maximum absolute atomic E-state index is 13.3. The van der Waals surface area contributed by atoms with Gasteiger partial charge in [-0.25, -0.2) is 8.42 Å². The monoisotopic (exact) mass is 468 g/mol. The molecule has 9 heteroatoms. The highest BCUT2D eigenvalue weighted by Crippen LogP contribution is 2.28. The molecule has 2 aromatic rings. The molecular weight excluding hydrogens is 440 g/mol. The molecule has 0 heterocycles. The molecule has 0 atom stereocenters. The molecule has 2 rings (SSSR count). The van der Waals surface area contributed by atoms with E-state index in [9.17, 15) is 13.2 Å². The van der Waals surface area contributed by atoms with Crippen LogP contribution in [0.15, 0.2) is 53.4 Å². The summed E-state index contributed by atoms with van der Waals surface area (Å²) in [6.45, 7) is 3.34. The first-order valence-corrected chi connectivity index (χ1v) is 11.9. The molecular formula is C22H29ClN2O5S. The smallest absolute Gasteiger partial charge is 0.243 e. The lowest BCUT2D eigenvalue weighted by Crippen LogP contribution is -2.42. The van der Waals surface area contributed by atoms with Crippen molar-refractivity contribution in [2.45, 2.75) is 24.7 Å². The maximum atomic E-state index is 13.3. The van der Waals surface area contributed by atoms with Crippen molar-refractivity contribution in [3.63, 3.8) is 0 Å².